The molecule has 0 radical (unpaired) electrons. The molecule has 4 rings (SSSR count). The molecule has 220 valence electrons. The standard InChI is InChI=1S/C23H26F9N3O4/c24-21(25,26)19(22(27,28)29)17-14-10-35(11-15(14)18(33-17)20(36)37)9-13-7-12(8-34-3-5-38-6-4-34)1-2-16(13)39-23(30,31)32/h1-2,7,14-15,17-19,33H,3-6,8-11H2,(H,36,37). The molecule has 3 saturated heterocycles. The fourth-order valence-corrected chi connectivity index (χ4v) is 5.79. The van der Waals surface area contributed by atoms with Gasteiger partial charge in [-0.2, -0.15) is 26.3 Å². The molecule has 16 heteroatoms. The van der Waals surface area contributed by atoms with Crippen LogP contribution < -0.4 is 10.1 Å². The highest BCUT2D eigenvalue weighted by Gasteiger charge is 2.66. The van der Waals surface area contributed by atoms with Crippen molar-refractivity contribution in [1.82, 2.24) is 15.1 Å². The lowest BCUT2D eigenvalue weighted by Gasteiger charge is -2.32. The summed E-state index contributed by atoms with van der Waals surface area (Å²) in [7, 11) is 0. The fourth-order valence-electron chi connectivity index (χ4n) is 5.79. The first kappa shape index (κ1) is 29.7. The number of fused-ring (bicyclic) bond motifs is 1. The van der Waals surface area contributed by atoms with Crippen molar-refractivity contribution in [2.45, 2.75) is 43.9 Å². The van der Waals surface area contributed by atoms with Crippen molar-refractivity contribution in [2.24, 2.45) is 17.8 Å². The molecule has 3 aliphatic rings. The van der Waals surface area contributed by atoms with E-state index in [4.69, 9.17) is 4.74 Å². The molecule has 4 unspecified atom stereocenters. The summed E-state index contributed by atoms with van der Waals surface area (Å²) in [5, 5.41) is 11.5. The number of likely N-dealkylation sites (tertiary alicyclic amines) is 1. The second kappa shape index (κ2) is 10.9. The number of halogens is 9. The Morgan fingerprint density at radius 3 is 2.15 bits per heavy atom. The predicted octanol–water partition coefficient (Wildman–Crippen LogP) is 3.63. The zero-order chi connectivity index (χ0) is 28.8. The van der Waals surface area contributed by atoms with Gasteiger partial charge >= 0.3 is 24.7 Å². The molecule has 0 aliphatic carbocycles. The van der Waals surface area contributed by atoms with Gasteiger partial charge in [0.25, 0.3) is 0 Å². The Hall–Kier alpha value is -2.30. The second-order valence-corrected chi connectivity index (χ2v) is 9.97. The van der Waals surface area contributed by atoms with E-state index in [0.29, 0.717) is 38.4 Å². The maximum atomic E-state index is 13.5. The van der Waals surface area contributed by atoms with Crippen molar-refractivity contribution in [1.29, 1.82) is 0 Å². The van der Waals surface area contributed by atoms with E-state index in [0.717, 1.165) is 6.07 Å². The first-order valence-electron chi connectivity index (χ1n) is 12.0. The van der Waals surface area contributed by atoms with E-state index in [1.54, 1.807) is 0 Å². The molecule has 3 fully saturated rings. The second-order valence-electron chi connectivity index (χ2n) is 9.97. The van der Waals surface area contributed by atoms with E-state index in [-0.39, 0.29) is 25.2 Å². The van der Waals surface area contributed by atoms with E-state index < -0.39 is 60.3 Å². The van der Waals surface area contributed by atoms with Gasteiger partial charge < -0.3 is 19.9 Å². The molecular weight excluding hydrogens is 553 g/mol. The van der Waals surface area contributed by atoms with Crippen LogP contribution >= 0.6 is 0 Å². The number of ether oxygens (including phenoxy) is 2. The molecule has 39 heavy (non-hydrogen) atoms. The van der Waals surface area contributed by atoms with Crippen molar-refractivity contribution in [3.05, 3.63) is 29.3 Å². The molecule has 0 saturated carbocycles. The highest BCUT2D eigenvalue weighted by Crippen LogP contribution is 2.49. The SMILES string of the molecule is O=C(O)C1NC(C(C(F)(F)F)C(F)(F)F)C2CN(Cc3cc(CN4CCOCC4)ccc3OC(F)(F)F)CC12. The van der Waals surface area contributed by atoms with E-state index in [1.165, 1.54) is 17.0 Å². The van der Waals surface area contributed by atoms with Gasteiger partial charge in [0.15, 0.2) is 5.92 Å². The van der Waals surface area contributed by atoms with Crippen LogP contribution in [0.25, 0.3) is 0 Å². The highest BCUT2D eigenvalue weighted by atomic mass is 19.4. The molecule has 7 nitrogen and oxygen atoms in total. The summed E-state index contributed by atoms with van der Waals surface area (Å²) < 4.78 is 129. The zero-order valence-electron chi connectivity index (χ0n) is 20.2. The Labute approximate surface area is 216 Å². The first-order chi connectivity index (χ1) is 18.0. The van der Waals surface area contributed by atoms with Crippen LogP contribution in [0.15, 0.2) is 18.2 Å². The van der Waals surface area contributed by atoms with E-state index >= 15 is 0 Å². The topological polar surface area (TPSA) is 74.3 Å². The molecule has 0 bridgehead atoms. The average Bonchev–Trinajstić information content (AvgIpc) is 3.33. The van der Waals surface area contributed by atoms with Gasteiger partial charge in [-0.15, -0.1) is 13.2 Å². The Bertz CT molecular complexity index is 1010. The van der Waals surface area contributed by atoms with Crippen molar-refractivity contribution < 1.29 is 58.9 Å². The highest BCUT2D eigenvalue weighted by molar-refractivity contribution is 5.74. The monoisotopic (exact) mass is 579 g/mol. The number of nitrogens with zero attached hydrogens (tertiary/aromatic N) is 2. The number of carboxylic acid groups (broad SMARTS) is 1. The minimum Gasteiger partial charge on any atom is -0.480 e. The minimum absolute atomic E-state index is 0.0256. The fraction of sp³-hybridized carbons (Fsp3) is 0.696. The molecule has 2 N–H and O–H groups in total. The molecule has 0 amide bonds. The quantitative estimate of drug-likeness (QED) is 0.479. The van der Waals surface area contributed by atoms with Crippen molar-refractivity contribution in [3.8, 4) is 5.75 Å². The van der Waals surface area contributed by atoms with Crippen LogP contribution in [-0.4, -0.2) is 91.1 Å². The summed E-state index contributed by atoms with van der Waals surface area (Å²) >= 11 is 0. The number of alkyl halides is 9. The van der Waals surface area contributed by atoms with Crippen molar-refractivity contribution in [2.75, 3.05) is 39.4 Å². The molecule has 3 heterocycles. The number of rotatable bonds is 7. The maximum Gasteiger partial charge on any atom is 0.573 e. The summed E-state index contributed by atoms with van der Waals surface area (Å²) in [6, 6.07) is 0.0542. The van der Waals surface area contributed by atoms with Gasteiger partial charge in [0.1, 0.15) is 11.8 Å². The molecule has 4 atom stereocenters. The van der Waals surface area contributed by atoms with Crippen LogP contribution in [-0.2, 0) is 22.6 Å². The van der Waals surface area contributed by atoms with E-state index in [9.17, 15) is 49.4 Å². The Balaban J connectivity index is 1.59. The van der Waals surface area contributed by atoms with Crippen molar-refractivity contribution >= 4 is 5.97 Å². The van der Waals surface area contributed by atoms with Crippen molar-refractivity contribution in [3.63, 3.8) is 0 Å². The molecule has 1 aromatic rings. The average molecular weight is 579 g/mol. The van der Waals surface area contributed by atoms with Crippen LogP contribution in [0.4, 0.5) is 39.5 Å². The van der Waals surface area contributed by atoms with E-state index in [1.807, 2.05) is 10.2 Å². The number of aliphatic carboxylic acids is 1. The molecule has 3 aliphatic heterocycles. The molecule has 1 aromatic carbocycles. The predicted molar refractivity (Wildman–Crippen MR) is 115 cm³/mol. The van der Waals surface area contributed by atoms with E-state index in [2.05, 4.69) is 4.74 Å². The summed E-state index contributed by atoms with van der Waals surface area (Å²) in [4.78, 5) is 15.1. The summed E-state index contributed by atoms with van der Waals surface area (Å²) in [5.41, 5.74) is 0.649. The summed E-state index contributed by atoms with van der Waals surface area (Å²) in [6.07, 6.45) is -16.4. The number of hydrogen-bond acceptors (Lipinski definition) is 6. The molecular formula is C23H26F9N3O4. The summed E-state index contributed by atoms with van der Waals surface area (Å²) in [6.45, 7) is 1.62. The van der Waals surface area contributed by atoms with Gasteiger partial charge in [0.2, 0.25) is 0 Å². The summed E-state index contributed by atoms with van der Waals surface area (Å²) in [5.74, 6) is -8.45. The molecule has 0 aromatic heterocycles. The minimum atomic E-state index is -5.69. The number of morpholine rings is 1. The maximum absolute atomic E-state index is 13.5. The van der Waals surface area contributed by atoms with Gasteiger partial charge in [-0.25, -0.2) is 0 Å². The van der Waals surface area contributed by atoms with Gasteiger partial charge in [-0.3, -0.25) is 14.6 Å². The Morgan fingerprint density at radius 1 is 0.974 bits per heavy atom. The number of nitrogens with one attached hydrogen (secondary N) is 1. The number of benzene rings is 1. The van der Waals surface area contributed by atoms with Gasteiger partial charge in [-0.1, -0.05) is 6.07 Å². The lowest BCUT2D eigenvalue weighted by molar-refractivity contribution is -0.293. The number of carboxylic acids is 1. The van der Waals surface area contributed by atoms with Crippen LogP contribution in [0.1, 0.15) is 11.1 Å². The van der Waals surface area contributed by atoms with Gasteiger partial charge in [0.05, 0.1) is 13.2 Å². The lowest BCUT2D eigenvalue weighted by atomic mass is 9.84. The first-order valence-corrected chi connectivity index (χ1v) is 12.0. The lowest BCUT2D eigenvalue weighted by Crippen LogP contribution is -2.53. The Morgan fingerprint density at radius 2 is 1.59 bits per heavy atom. The number of carbonyl (C=O) groups is 1. The normalized spacial score (nSPS) is 27.2. The van der Waals surface area contributed by atoms with Gasteiger partial charge in [-0.05, 0) is 23.6 Å². The van der Waals surface area contributed by atoms with Crippen LogP contribution in [0.5, 0.6) is 5.75 Å². The smallest absolute Gasteiger partial charge is 0.480 e. The third-order valence-corrected chi connectivity index (χ3v) is 7.33. The third kappa shape index (κ3) is 7.08. The number of hydrogen-bond donors (Lipinski definition) is 2. The largest absolute Gasteiger partial charge is 0.573 e. The van der Waals surface area contributed by atoms with Crippen LogP contribution in [0, 0.1) is 17.8 Å². The van der Waals surface area contributed by atoms with Gasteiger partial charge in [0, 0.05) is 56.8 Å². The zero-order valence-corrected chi connectivity index (χ0v) is 20.2. The molecule has 0 spiro atoms. The third-order valence-electron chi connectivity index (χ3n) is 7.33. The Kier molecular flexibility index (Phi) is 8.32. The van der Waals surface area contributed by atoms with Crippen LogP contribution in [0.2, 0.25) is 0 Å². The van der Waals surface area contributed by atoms with Crippen LogP contribution in [0.3, 0.4) is 0 Å².